The lowest BCUT2D eigenvalue weighted by Crippen LogP contribution is -2.60. The molecule has 0 saturated heterocycles. The molecule has 4 rings (SSSR count). The van der Waals surface area contributed by atoms with E-state index in [4.69, 9.17) is 11.6 Å². The number of amides is 2. The van der Waals surface area contributed by atoms with Crippen LogP contribution in [0.4, 0.5) is 0 Å². The van der Waals surface area contributed by atoms with Crippen molar-refractivity contribution in [1.29, 1.82) is 0 Å². The first kappa shape index (κ1) is 19.5. The molecule has 1 aromatic carbocycles. The molecule has 3 aromatic rings. The van der Waals surface area contributed by atoms with Gasteiger partial charge in [0.15, 0.2) is 0 Å². The first-order chi connectivity index (χ1) is 13.9. The van der Waals surface area contributed by atoms with Gasteiger partial charge in [0.05, 0.1) is 27.9 Å². The zero-order valence-corrected chi connectivity index (χ0v) is 17.1. The molecule has 0 aliphatic heterocycles. The number of nitrogens with one attached hydrogen (secondary N) is 2. The Morgan fingerprint density at radius 2 is 1.90 bits per heavy atom. The van der Waals surface area contributed by atoms with Crippen molar-refractivity contribution in [3.8, 4) is 0 Å². The molecule has 2 aromatic heterocycles. The fourth-order valence-corrected chi connectivity index (χ4v) is 4.17. The molecule has 2 N–H and O–H groups in total. The number of hydrogen-bond donors (Lipinski definition) is 2. The van der Waals surface area contributed by atoms with Crippen LogP contribution >= 0.6 is 11.6 Å². The van der Waals surface area contributed by atoms with E-state index < -0.39 is 0 Å². The normalized spacial score (nSPS) is 20.1. The molecule has 2 unspecified atom stereocenters. The average molecular weight is 411 g/mol. The summed E-state index contributed by atoms with van der Waals surface area (Å²) in [5.41, 5.74) is 1.74. The molecule has 150 valence electrons. The SMILES string of the molecule is CC1(C)C(CNC(=O)c2ccccc2Cl)CC1NC(=O)c1cccn2nccc12. The number of fused-ring (bicyclic) bond motifs is 1. The summed E-state index contributed by atoms with van der Waals surface area (Å²) in [6, 6.07) is 12.5. The molecule has 7 heteroatoms. The maximum atomic E-state index is 12.8. The highest BCUT2D eigenvalue weighted by Crippen LogP contribution is 2.46. The van der Waals surface area contributed by atoms with Gasteiger partial charge in [-0.05, 0) is 48.1 Å². The summed E-state index contributed by atoms with van der Waals surface area (Å²) in [6.45, 7) is 4.78. The third-order valence-corrected chi connectivity index (χ3v) is 6.41. The number of carbonyl (C=O) groups is 2. The number of hydrogen-bond acceptors (Lipinski definition) is 3. The molecule has 1 saturated carbocycles. The van der Waals surface area contributed by atoms with Crippen LogP contribution in [0, 0.1) is 11.3 Å². The molecule has 1 fully saturated rings. The first-order valence-electron chi connectivity index (χ1n) is 9.64. The molecule has 6 nitrogen and oxygen atoms in total. The van der Waals surface area contributed by atoms with Gasteiger partial charge < -0.3 is 10.6 Å². The number of aromatic nitrogens is 2. The average Bonchev–Trinajstić information content (AvgIpc) is 3.19. The smallest absolute Gasteiger partial charge is 0.253 e. The van der Waals surface area contributed by atoms with Gasteiger partial charge in [-0.3, -0.25) is 9.59 Å². The monoisotopic (exact) mass is 410 g/mol. The lowest BCUT2D eigenvalue weighted by molar-refractivity contribution is 0.0150. The summed E-state index contributed by atoms with van der Waals surface area (Å²) < 4.78 is 1.69. The standard InChI is InChI=1S/C22H23ClN4O2/c1-22(2)14(13-24-20(28)15-6-3-4-8-17(15)23)12-19(22)26-21(29)16-7-5-11-27-18(16)9-10-25-27/h3-11,14,19H,12-13H2,1-2H3,(H,24,28)(H,26,29). The van der Waals surface area contributed by atoms with Crippen LogP contribution in [0.3, 0.4) is 0 Å². The summed E-state index contributed by atoms with van der Waals surface area (Å²) in [5.74, 6) is -0.0102. The number of carbonyl (C=O) groups excluding carboxylic acids is 2. The van der Waals surface area contributed by atoms with Crippen LogP contribution < -0.4 is 10.6 Å². The second-order valence-corrected chi connectivity index (χ2v) is 8.46. The largest absolute Gasteiger partial charge is 0.352 e. The van der Waals surface area contributed by atoms with Gasteiger partial charge in [-0.1, -0.05) is 37.6 Å². The Kier molecular flexibility index (Phi) is 5.04. The van der Waals surface area contributed by atoms with Crippen molar-refractivity contribution in [2.24, 2.45) is 11.3 Å². The van der Waals surface area contributed by atoms with Gasteiger partial charge in [0.2, 0.25) is 0 Å². The van der Waals surface area contributed by atoms with Crippen LogP contribution in [0.25, 0.3) is 5.52 Å². The summed E-state index contributed by atoms with van der Waals surface area (Å²) in [5, 5.41) is 10.7. The Morgan fingerprint density at radius 3 is 2.66 bits per heavy atom. The molecule has 2 atom stereocenters. The Bertz CT molecular complexity index is 1080. The molecule has 0 bridgehead atoms. The topological polar surface area (TPSA) is 75.5 Å². The minimum Gasteiger partial charge on any atom is -0.352 e. The Balaban J connectivity index is 1.36. The minimum atomic E-state index is -0.175. The fourth-order valence-electron chi connectivity index (χ4n) is 3.94. The summed E-state index contributed by atoms with van der Waals surface area (Å²) >= 11 is 6.10. The molecule has 2 amide bonds. The predicted molar refractivity (Wildman–Crippen MR) is 112 cm³/mol. The lowest BCUT2D eigenvalue weighted by Gasteiger charge is -2.52. The maximum absolute atomic E-state index is 12.8. The van der Waals surface area contributed by atoms with Gasteiger partial charge in [0.1, 0.15) is 0 Å². The predicted octanol–water partition coefficient (Wildman–Crippen LogP) is 3.56. The summed E-state index contributed by atoms with van der Waals surface area (Å²) in [6.07, 6.45) is 4.30. The van der Waals surface area contributed by atoms with E-state index in [1.165, 1.54) is 0 Å². The first-order valence-corrected chi connectivity index (χ1v) is 10.0. The Hall–Kier alpha value is -2.86. The van der Waals surface area contributed by atoms with E-state index in [-0.39, 0.29) is 29.2 Å². The quantitative estimate of drug-likeness (QED) is 0.675. The highest BCUT2D eigenvalue weighted by Gasteiger charge is 2.48. The highest BCUT2D eigenvalue weighted by molar-refractivity contribution is 6.33. The van der Waals surface area contributed by atoms with E-state index >= 15 is 0 Å². The number of rotatable bonds is 5. The second kappa shape index (κ2) is 7.52. The van der Waals surface area contributed by atoms with Crippen molar-refractivity contribution < 1.29 is 9.59 Å². The third-order valence-electron chi connectivity index (χ3n) is 6.08. The van der Waals surface area contributed by atoms with Crippen molar-refractivity contribution in [3.63, 3.8) is 0 Å². The Labute approximate surface area is 174 Å². The molecule has 0 radical (unpaired) electrons. The number of nitrogens with zero attached hydrogens (tertiary/aromatic N) is 2. The second-order valence-electron chi connectivity index (χ2n) is 8.05. The van der Waals surface area contributed by atoms with E-state index in [2.05, 4.69) is 29.6 Å². The fraction of sp³-hybridized carbons (Fsp3) is 0.318. The number of halogens is 1. The Morgan fingerprint density at radius 1 is 1.14 bits per heavy atom. The van der Waals surface area contributed by atoms with E-state index in [1.807, 2.05) is 18.3 Å². The van der Waals surface area contributed by atoms with Gasteiger partial charge >= 0.3 is 0 Å². The van der Waals surface area contributed by atoms with E-state index in [0.29, 0.717) is 22.7 Å². The van der Waals surface area contributed by atoms with Crippen LogP contribution in [0.15, 0.2) is 54.9 Å². The molecule has 1 aliphatic carbocycles. The van der Waals surface area contributed by atoms with Crippen molar-refractivity contribution in [3.05, 3.63) is 71.0 Å². The zero-order valence-electron chi connectivity index (χ0n) is 16.4. The van der Waals surface area contributed by atoms with Gasteiger partial charge in [-0.2, -0.15) is 5.10 Å². The van der Waals surface area contributed by atoms with Gasteiger partial charge in [0, 0.05) is 18.8 Å². The van der Waals surface area contributed by atoms with Crippen LogP contribution in [0.2, 0.25) is 5.02 Å². The summed E-state index contributed by atoms with van der Waals surface area (Å²) in [7, 11) is 0. The zero-order chi connectivity index (χ0) is 20.6. The molecule has 0 spiro atoms. The van der Waals surface area contributed by atoms with Crippen molar-refractivity contribution in [1.82, 2.24) is 20.2 Å². The van der Waals surface area contributed by atoms with Gasteiger partial charge in [-0.15, -0.1) is 0 Å². The van der Waals surface area contributed by atoms with Gasteiger partial charge in [-0.25, -0.2) is 4.52 Å². The molecule has 2 heterocycles. The highest BCUT2D eigenvalue weighted by atomic mass is 35.5. The number of benzene rings is 1. The van der Waals surface area contributed by atoms with Crippen molar-refractivity contribution in [2.75, 3.05) is 6.54 Å². The van der Waals surface area contributed by atoms with Crippen molar-refractivity contribution in [2.45, 2.75) is 26.3 Å². The molecule has 1 aliphatic rings. The van der Waals surface area contributed by atoms with Crippen LogP contribution in [-0.4, -0.2) is 34.0 Å². The molecular formula is C22H23ClN4O2. The van der Waals surface area contributed by atoms with Crippen LogP contribution in [-0.2, 0) is 0 Å². The lowest BCUT2D eigenvalue weighted by atomic mass is 9.58. The van der Waals surface area contributed by atoms with Crippen LogP contribution in [0.1, 0.15) is 41.0 Å². The summed E-state index contributed by atoms with van der Waals surface area (Å²) in [4.78, 5) is 25.2. The van der Waals surface area contributed by atoms with E-state index in [9.17, 15) is 9.59 Å². The van der Waals surface area contributed by atoms with E-state index in [0.717, 1.165) is 11.9 Å². The maximum Gasteiger partial charge on any atom is 0.253 e. The van der Waals surface area contributed by atoms with Gasteiger partial charge in [0.25, 0.3) is 11.8 Å². The van der Waals surface area contributed by atoms with Crippen LogP contribution in [0.5, 0.6) is 0 Å². The van der Waals surface area contributed by atoms with E-state index in [1.54, 1.807) is 41.0 Å². The minimum absolute atomic E-state index is 0.0420. The van der Waals surface area contributed by atoms with Crippen molar-refractivity contribution >= 4 is 28.9 Å². The third kappa shape index (κ3) is 3.60. The number of pyridine rings is 1. The molecular weight excluding hydrogens is 388 g/mol. The molecule has 29 heavy (non-hydrogen) atoms.